The van der Waals surface area contributed by atoms with Crippen molar-refractivity contribution >= 4 is 49.7 Å². The highest BCUT2D eigenvalue weighted by atomic mass is 35.5. The summed E-state index contributed by atoms with van der Waals surface area (Å²) >= 11 is 6.04. The minimum absolute atomic E-state index is 0.200. The fraction of sp³-hybridized carbons (Fsp3) is 0.200. The summed E-state index contributed by atoms with van der Waals surface area (Å²) in [6, 6.07) is 8.40. The smallest absolute Gasteiger partial charge is 0.277 e. The first-order chi connectivity index (χ1) is 11.7. The summed E-state index contributed by atoms with van der Waals surface area (Å²) in [5, 5.41) is 6.45. The number of para-hydroxylation sites is 2. The van der Waals surface area contributed by atoms with Crippen LogP contribution < -0.4 is 15.2 Å². The van der Waals surface area contributed by atoms with Crippen LogP contribution in [0.25, 0.3) is 11.0 Å². The van der Waals surface area contributed by atoms with E-state index in [0.29, 0.717) is 28.1 Å². The lowest BCUT2D eigenvalue weighted by Gasteiger charge is -2.21. The molecule has 0 fully saturated rings. The van der Waals surface area contributed by atoms with E-state index in [1.807, 2.05) is 0 Å². The normalized spacial score (nSPS) is 11.7. The van der Waals surface area contributed by atoms with Crippen molar-refractivity contribution < 1.29 is 8.42 Å². The second-order valence-electron chi connectivity index (χ2n) is 5.56. The Kier molecular flexibility index (Phi) is 4.21. The van der Waals surface area contributed by atoms with E-state index in [9.17, 15) is 13.2 Å². The minimum atomic E-state index is -3.44. The summed E-state index contributed by atoms with van der Waals surface area (Å²) < 4.78 is 26.2. The predicted molar refractivity (Wildman–Crippen MR) is 99.3 cm³/mol. The summed E-state index contributed by atoms with van der Waals surface area (Å²) in [4.78, 5) is 16.4. The molecule has 2 N–H and O–H groups in total. The van der Waals surface area contributed by atoms with Gasteiger partial charge in [-0.1, -0.05) is 23.7 Å². The molecule has 0 amide bonds. The lowest BCUT2D eigenvalue weighted by atomic mass is 10.2. The number of nitrogens with one attached hydrogen (secondary N) is 2. The van der Waals surface area contributed by atoms with Crippen molar-refractivity contribution in [3.63, 3.8) is 0 Å². The van der Waals surface area contributed by atoms with Gasteiger partial charge in [0.15, 0.2) is 5.65 Å². The number of anilines is 3. The third-order valence-corrected chi connectivity index (χ3v) is 5.18. The molecule has 0 radical (unpaired) electrons. The number of aromatic amines is 1. The fourth-order valence-electron chi connectivity index (χ4n) is 2.46. The van der Waals surface area contributed by atoms with Gasteiger partial charge in [0.25, 0.3) is 5.56 Å². The van der Waals surface area contributed by atoms with E-state index < -0.39 is 10.0 Å². The average Bonchev–Trinajstić information content (AvgIpc) is 2.80. The average molecular weight is 382 g/mol. The number of halogens is 1. The number of sulfonamides is 1. The van der Waals surface area contributed by atoms with Crippen LogP contribution in [0.2, 0.25) is 5.15 Å². The van der Waals surface area contributed by atoms with Gasteiger partial charge in [0.05, 0.1) is 23.3 Å². The molecule has 10 heteroatoms. The Hall–Kier alpha value is -2.52. The van der Waals surface area contributed by atoms with Crippen molar-refractivity contribution in [1.29, 1.82) is 0 Å². The molecule has 1 aromatic carbocycles. The lowest BCUT2D eigenvalue weighted by molar-refractivity contribution is 0.600. The maximum Gasteiger partial charge on any atom is 0.277 e. The van der Waals surface area contributed by atoms with Gasteiger partial charge >= 0.3 is 0 Å². The summed E-state index contributed by atoms with van der Waals surface area (Å²) in [6.07, 6.45) is 1.12. The zero-order valence-corrected chi connectivity index (χ0v) is 15.3. The van der Waals surface area contributed by atoms with Crippen LogP contribution in [0.5, 0.6) is 0 Å². The molecule has 0 spiro atoms. The molecule has 0 saturated carbocycles. The molecule has 2 heterocycles. The maximum absolute atomic E-state index is 12.3. The molecular formula is C15H16ClN5O3S. The highest BCUT2D eigenvalue weighted by Gasteiger charge is 2.18. The standard InChI is InChI=1S/C15H16ClN5O3S/c1-20-15(22)13-10(8-12(16)18-14(13)19-20)17-9-6-4-5-7-11(9)21(2)25(3,23)24/h4-8H,1-3H3,(H2,17,18,19). The van der Waals surface area contributed by atoms with Gasteiger partial charge < -0.3 is 5.32 Å². The number of hydrogen-bond donors (Lipinski definition) is 2. The lowest BCUT2D eigenvalue weighted by Crippen LogP contribution is -2.25. The second kappa shape index (κ2) is 6.08. The molecule has 0 aliphatic carbocycles. The number of nitrogens with zero attached hydrogens (tertiary/aromatic N) is 3. The topological polar surface area (TPSA) is 100 Å². The molecule has 132 valence electrons. The first-order valence-electron chi connectivity index (χ1n) is 7.23. The molecule has 0 atom stereocenters. The summed E-state index contributed by atoms with van der Waals surface area (Å²) in [5.74, 6) is 0. The molecule has 0 aliphatic heterocycles. The van der Waals surface area contributed by atoms with Crippen LogP contribution in [0, 0.1) is 0 Å². The monoisotopic (exact) mass is 381 g/mol. The number of hydrogen-bond acceptors (Lipinski definition) is 5. The van der Waals surface area contributed by atoms with Gasteiger partial charge in [0, 0.05) is 14.1 Å². The van der Waals surface area contributed by atoms with E-state index in [1.54, 1.807) is 31.3 Å². The Morgan fingerprint density at radius 2 is 1.96 bits per heavy atom. The quantitative estimate of drug-likeness (QED) is 0.674. The zero-order chi connectivity index (χ0) is 18.4. The number of benzene rings is 1. The van der Waals surface area contributed by atoms with E-state index in [2.05, 4.69) is 15.4 Å². The first-order valence-corrected chi connectivity index (χ1v) is 9.46. The van der Waals surface area contributed by atoms with Crippen molar-refractivity contribution in [2.24, 2.45) is 7.05 Å². The van der Waals surface area contributed by atoms with Gasteiger partial charge in [0.1, 0.15) is 10.5 Å². The number of aromatic nitrogens is 3. The van der Waals surface area contributed by atoms with Crippen molar-refractivity contribution in [2.75, 3.05) is 22.9 Å². The van der Waals surface area contributed by atoms with Crippen molar-refractivity contribution in [3.8, 4) is 0 Å². The Morgan fingerprint density at radius 3 is 2.64 bits per heavy atom. The van der Waals surface area contributed by atoms with E-state index >= 15 is 0 Å². The Labute approximate surface area is 149 Å². The fourth-order valence-corrected chi connectivity index (χ4v) is 3.17. The molecule has 0 saturated heterocycles. The van der Waals surface area contributed by atoms with Gasteiger partial charge in [-0.2, -0.15) is 0 Å². The third kappa shape index (κ3) is 3.20. The van der Waals surface area contributed by atoms with E-state index in [4.69, 9.17) is 11.6 Å². The van der Waals surface area contributed by atoms with E-state index in [-0.39, 0.29) is 10.7 Å². The van der Waals surface area contributed by atoms with Gasteiger partial charge in [-0.3, -0.25) is 18.9 Å². The number of aryl methyl sites for hydroxylation is 1. The van der Waals surface area contributed by atoms with Crippen molar-refractivity contribution in [2.45, 2.75) is 0 Å². The summed E-state index contributed by atoms with van der Waals surface area (Å²) in [6.45, 7) is 0. The minimum Gasteiger partial charge on any atom is -0.353 e. The molecular weight excluding hydrogens is 366 g/mol. The van der Waals surface area contributed by atoms with Crippen LogP contribution in [0.15, 0.2) is 35.1 Å². The number of fused-ring (bicyclic) bond motifs is 1. The molecule has 3 rings (SSSR count). The summed E-state index contributed by atoms with van der Waals surface area (Å²) in [5.41, 5.74) is 1.47. The second-order valence-corrected chi connectivity index (χ2v) is 7.97. The molecule has 2 aromatic heterocycles. The van der Waals surface area contributed by atoms with Crippen LogP contribution in [-0.4, -0.2) is 36.5 Å². The van der Waals surface area contributed by atoms with Crippen LogP contribution in [0.4, 0.5) is 17.1 Å². The van der Waals surface area contributed by atoms with Crippen molar-refractivity contribution in [3.05, 3.63) is 45.8 Å². The van der Waals surface area contributed by atoms with Gasteiger partial charge in [-0.25, -0.2) is 13.4 Å². The maximum atomic E-state index is 12.3. The number of pyridine rings is 1. The predicted octanol–water partition coefficient (Wildman–Crippen LogP) is 2.05. The van der Waals surface area contributed by atoms with Crippen LogP contribution in [0.3, 0.4) is 0 Å². The third-order valence-electron chi connectivity index (χ3n) is 3.79. The van der Waals surface area contributed by atoms with Gasteiger partial charge in [-0.05, 0) is 18.2 Å². The summed E-state index contributed by atoms with van der Waals surface area (Å²) in [7, 11) is -0.407. The van der Waals surface area contributed by atoms with Gasteiger partial charge in [-0.15, -0.1) is 0 Å². The highest BCUT2D eigenvalue weighted by Crippen LogP contribution is 2.32. The molecule has 0 unspecified atom stereocenters. The van der Waals surface area contributed by atoms with Crippen LogP contribution in [0.1, 0.15) is 0 Å². The number of H-pyrrole nitrogens is 1. The highest BCUT2D eigenvalue weighted by molar-refractivity contribution is 7.92. The zero-order valence-electron chi connectivity index (χ0n) is 13.7. The first kappa shape index (κ1) is 17.3. The molecule has 0 bridgehead atoms. The van der Waals surface area contributed by atoms with Crippen LogP contribution >= 0.6 is 11.6 Å². The molecule has 3 aromatic rings. The molecule has 8 nitrogen and oxygen atoms in total. The van der Waals surface area contributed by atoms with E-state index in [1.165, 1.54) is 17.8 Å². The van der Waals surface area contributed by atoms with Crippen LogP contribution in [-0.2, 0) is 17.1 Å². The number of rotatable bonds is 4. The largest absolute Gasteiger partial charge is 0.353 e. The SMILES string of the molecule is CN(c1ccccc1Nc1cc(Cl)nc2[nH]n(C)c(=O)c12)S(C)(=O)=O. The van der Waals surface area contributed by atoms with Crippen molar-refractivity contribution in [1.82, 2.24) is 14.8 Å². The Morgan fingerprint density at radius 1 is 1.28 bits per heavy atom. The Bertz CT molecular complexity index is 1120. The van der Waals surface area contributed by atoms with Gasteiger partial charge in [0.2, 0.25) is 10.0 Å². The molecule has 25 heavy (non-hydrogen) atoms. The molecule has 0 aliphatic rings. The Balaban J connectivity index is 2.17. The van der Waals surface area contributed by atoms with E-state index in [0.717, 1.165) is 10.6 Å².